The first-order valence-electron chi connectivity index (χ1n) is 3.46. The van der Waals surface area contributed by atoms with Gasteiger partial charge in [-0.25, -0.2) is 10.1 Å². The molecule has 0 aromatic heterocycles. The molecule has 7 heteroatoms. The highest BCUT2D eigenvalue weighted by molar-refractivity contribution is 5.79. The summed E-state index contributed by atoms with van der Waals surface area (Å²) in [5.41, 5.74) is 0. The van der Waals surface area contributed by atoms with Crippen molar-refractivity contribution in [2.75, 3.05) is 27.4 Å². The summed E-state index contributed by atoms with van der Waals surface area (Å²) in [6.45, 7) is 1.22. The van der Waals surface area contributed by atoms with E-state index in [1.165, 1.54) is 0 Å². The molecule has 1 N–H and O–H groups in total. The first kappa shape index (κ1) is 8.72. The second kappa shape index (κ2) is 3.35. The molecule has 0 aliphatic carbocycles. The molecule has 0 unspecified atom stereocenters. The highest BCUT2D eigenvalue weighted by atomic mass is 16.7. The Morgan fingerprint density at radius 2 is 2.33 bits per heavy atom. The maximum atomic E-state index is 10.0. The van der Waals surface area contributed by atoms with Gasteiger partial charge in [0.2, 0.25) is 0 Å². The Hall–Kier alpha value is -1.37. The van der Waals surface area contributed by atoms with Crippen LogP contribution in [0.15, 0.2) is 5.10 Å². The van der Waals surface area contributed by atoms with E-state index in [0.29, 0.717) is 19.3 Å². The van der Waals surface area contributed by atoms with Crippen molar-refractivity contribution >= 4 is 5.96 Å². The maximum Gasteiger partial charge on any atom is 0.273 e. The Bertz CT molecular complexity index is 216. The summed E-state index contributed by atoms with van der Waals surface area (Å²) < 4.78 is 0. The summed E-state index contributed by atoms with van der Waals surface area (Å²) in [4.78, 5) is 13.7. The summed E-state index contributed by atoms with van der Waals surface area (Å²) in [6, 6.07) is 0. The Kier molecular flexibility index (Phi) is 2.44. The van der Waals surface area contributed by atoms with Gasteiger partial charge in [-0.05, 0) is 7.05 Å². The van der Waals surface area contributed by atoms with E-state index in [-0.39, 0.29) is 0 Å². The molecule has 0 atom stereocenters. The molecule has 0 bridgehead atoms. The van der Waals surface area contributed by atoms with Crippen molar-refractivity contribution < 1.29 is 5.03 Å². The summed E-state index contributed by atoms with van der Waals surface area (Å²) in [5, 5.41) is 15.3. The zero-order valence-electron chi connectivity index (χ0n) is 7.02. The molecule has 0 radical (unpaired) electrons. The van der Waals surface area contributed by atoms with E-state index >= 15 is 0 Å². The molecule has 12 heavy (non-hydrogen) atoms. The highest BCUT2D eigenvalue weighted by Gasteiger charge is 2.17. The van der Waals surface area contributed by atoms with Crippen LogP contribution in [0.25, 0.3) is 0 Å². The lowest BCUT2D eigenvalue weighted by Crippen LogP contribution is -2.54. The van der Waals surface area contributed by atoms with Gasteiger partial charge in [-0.2, -0.15) is 0 Å². The van der Waals surface area contributed by atoms with Gasteiger partial charge in [0.15, 0.2) is 5.03 Å². The molecule has 68 valence electrons. The van der Waals surface area contributed by atoms with E-state index < -0.39 is 5.03 Å². The van der Waals surface area contributed by atoms with Crippen LogP contribution >= 0.6 is 0 Å². The fourth-order valence-corrected chi connectivity index (χ4v) is 1.01. The maximum absolute atomic E-state index is 10.0. The van der Waals surface area contributed by atoms with Crippen LogP contribution in [0.1, 0.15) is 0 Å². The number of nitro groups is 1. The molecule has 7 nitrogen and oxygen atoms in total. The lowest BCUT2D eigenvalue weighted by atomic mass is 10.6. The zero-order chi connectivity index (χ0) is 9.14. The third-order valence-corrected chi connectivity index (χ3v) is 1.50. The predicted octanol–water partition coefficient (Wildman–Crippen LogP) is -1.08. The van der Waals surface area contributed by atoms with Gasteiger partial charge in [0.25, 0.3) is 5.96 Å². The fourth-order valence-electron chi connectivity index (χ4n) is 1.01. The van der Waals surface area contributed by atoms with Gasteiger partial charge in [-0.1, -0.05) is 0 Å². The van der Waals surface area contributed by atoms with Gasteiger partial charge in [0.1, 0.15) is 5.10 Å². The second-order valence-electron chi connectivity index (χ2n) is 2.69. The first-order chi connectivity index (χ1) is 5.59. The molecule has 1 saturated heterocycles. The standard InChI is InChI=1S/C5H11N5O2/c1-8-3-6-5(7-10(11)12)9(2)4-8/h3-4H2,1-2H3,(H,6,7). The molecular formula is C5H11N5O2. The van der Waals surface area contributed by atoms with Crippen LogP contribution in [0.5, 0.6) is 0 Å². The quantitative estimate of drug-likeness (QED) is 0.403. The summed E-state index contributed by atoms with van der Waals surface area (Å²) >= 11 is 0. The van der Waals surface area contributed by atoms with Crippen LogP contribution in [-0.4, -0.2) is 48.2 Å². The lowest BCUT2D eigenvalue weighted by Gasteiger charge is -2.31. The van der Waals surface area contributed by atoms with E-state index in [9.17, 15) is 10.1 Å². The molecule has 0 saturated carbocycles. The van der Waals surface area contributed by atoms with E-state index in [1.807, 2.05) is 11.9 Å². The molecule has 0 amide bonds. The number of nitrogens with one attached hydrogen (secondary N) is 1. The van der Waals surface area contributed by atoms with Gasteiger partial charge in [0.05, 0.1) is 13.3 Å². The fraction of sp³-hybridized carbons (Fsp3) is 0.800. The van der Waals surface area contributed by atoms with Crippen LogP contribution in [0, 0.1) is 10.1 Å². The third-order valence-electron chi connectivity index (χ3n) is 1.50. The highest BCUT2D eigenvalue weighted by Crippen LogP contribution is 1.95. The lowest BCUT2D eigenvalue weighted by molar-refractivity contribution is -0.486. The SMILES string of the molecule is CN1CN/C(=N/[N+](=O)[O-])N(C)C1. The monoisotopic (exact) mass is 173 g/mol. The van der Waals surface area contributed by atoms with Gasteiger partial charge >= 0.3 is 0 Å². The number of hydrazone groups is 1. The van der Waals surface area contributed by atoms with Gasteiger partial charge in [0, 0.05) is 7.05 Å². The minimum Gasteiger partial charge on any atom is -0.338 e. The van der Waals surface area contributed by atoms with Crippen molar-refractivity contribution in [2.24, 2.45) is 5.10 Å². The van der Waals surface area contributed by atoms with Gasteiger partial charge in [-0.15, -0.1) is 0 Å². The Balaban J connectivity index is 2.62. The normalized spacial score (nSPS) is 22.5. The minimum atomic E-state index is -0.704. The predicted molar refractivity (Wildman–Crippen MR) is 42.8 cm³/mol. The number of hydrogen-bond acceptors (Lipinski definition) is 3. The summed E-state index contributed by atoms with van der Waals surface area (Å²) in [6.07, 6.45) is 0. The topological polar surface area (TPSA) is 74.0 Å². The summed E-state index contributed by atoms with van der Waals surface area (Å²) in [7, 11) is 3.65. The van der Waals surface area contributed by atoms with Crippen LogP contribution in [0.4, 0.5) is 0 Å². The molecule has 1 aliphatic heterocycles. The molecule has 0 aromatic carbocycles. The second-order valence-corrected chi connectivity index (χ2v) is 2.69. The number of nitrogens with zero attached hydrogens (tertiary/aromatic N) is 4. The smallest absolute Gasteiger partial charge is 0.273 e. The molecule has 1 heterocycles. The molecular weight excluding hydrogens is 162 g/mol. The number of hydrogen-bond donors (Lipinski definition) is 1. The molecule has 0 aromatic rings. The zero-order valence-corrected chi connectivity index (χ0v) is 7.02. The van der Waals surface area contributed by atoms with Crippen LogP contribution in [0.3, 0.4) is 0 Å². The van der Waals surface area contributed by atoms with E-state index in [0.717, 1.165) is 0 Å². The van der Waals surface area contributed by atoms with Crippen molar-refractivity contribution in [3.05, 3.63) is 10.1 Å². The molecule has 0 spiro atoms. The Morgan fingerprint density at radius 3 is 2.83 bits per heavy atom. The van der Waals surface area contributed by atoms with Crippen LogP contribution < -0.4 is 5.32 Å². The third kappa shape index (κ3) is 2.06. The van der Waals surface area contributed by atoms with Crippen molar-refractivity contribution in [3.63, 3.8) is 0 Å². The van der Waals surface area contributed by atoms with Crippen molar-refractivity contribution in [1.82, 2.24) is 15.1 Å². The molecule has 1 fully saturated rings. The van der Waals surface area contributed by atoms with Crippen molar-refractivity contribution in [1.29, 1.82) is 0 Å². The van der Waals surface area contributed by atoms with Gasteiger partial charge in [-0.3, -0.25) is 4.90 Å². The largest absolute Gasteiger partial charge is 0.338 e. The van der Waals surface area contributed by atoms with Crippen LogP contribution in [-0.2, 0) is 0 Å². The van der Waals surface area contributed by atoms with E-state index in [2.05, 4.69) is 10.4 Å². The summed E-state index contributed by atoms with van der Waals surface area (Å²) in [5.74, 6) is 0.304. The Morgan fingerprint density at radius 1 is 1.67 bits per heavy atom. The van der Waals surface area contributed by atoms with E-state index in [1.54, 1.807) is 11.9 Å². The van der Waals surface area contributed by atoms with E-state index in [4.69, 9.17) is 0 Å². The minimum absolute atomic E-state index is 0.304. The first-order valence-corrected chi connectivity index (χ1v) is 3.46. The number of guanidine groups is 1. The molecule has 1 rings (SSSR count). The van der Waals surface area contributed by atoms with Gasteiger partial charge < -0.3 is 10.2 Å². The number of rotatable bonds is 1. The van der Waals surface area contributed by atoms with Crippen molar-refractivity contribution in [3.8, 4) is 0 Å². The van der Waals surface area contributed by atoms with Crippen molar-refractivity contribution in [2.45, 2.75) is 0 Å². The average Bonchev–Trinajstić information content (AvgIpc) is 1.94. The Labute approximate surface area is 69.8 Å². The van der Waals surface area contributed by atoms with Crippen LogP contribution in [0.2, 0.25) is 0 Å². The molecule has 1 aliphatic rings. The average molecular weight is 173 g/mol.